The SMILES string of the molecule is CCc1ccc(C#CC2CC2)cc1N(C)C(=O)/C(C=NCC1OCC2(CC2)CO1)=N/N. The van der Waals surface area contributed by atoms with Crippen molar-refractivity contribution in [3.8, 4) is 11.8 Å². The summed E-state index contributed by atoms with van der Waals surface area (Å²) < 4.78 is 11.4. The first-order chi connectivity index (χ1) is 15.0. The molecule has 1 heterocycles. The smallest absolute Gasteiger partial charge is 0.280 e. The number of hydrogen-bond donors (Lipinski definition) is 1. The van der Waals surface area contributed by atoms with E-state index in [9.17, 15) is 4.79 Å². The Labute approximate surface area is 183 Å². The first-order valence-electron chi connectivity index (χ1n) is 11.0. The molecule has 1 saturated heterocycles. The number of rotatable bonds is 6. The van der Waals surface area contributed by atoms with E-state index < -0.39 is 0 Å². The summed E-state index contributed by atoms with van der Waals surface area (Å²) in [5, 5.41) is 3.66. The van der Waals surface area contributed by atoms with Crippen LogP contribution in [0.25, 0.3) is 0 Å². The fraction of sp³-hybridized carbons (Fsp3) is 0.542. The van der Waals surface area contributed by atoms with Gasteiger partial charge in [0.1, 0.15) is 0 Å². The number of nitrogens with two attached hydrogens (primary N) is 1. The first kappa shape index (κ1) is 21.5. The van der Waals surface area contributed by atoms with Crippen molar-refractivity contribution >= 4 is 23.5 Å². The lowest BCUT2D eigenvalue weighted by atomic mass is 10.1. The van der Waals surface area contributed by atoms with Gasteiger partial charge in [0.2, 0.25) is 0 Å². The van der Waals surface area contributed by atoms with Crippen LogP contribution in [0, 0.1) is 23.2 Å². The van der Waals surface area contributed by atoms with Crippen LogP contribution in [0.15, 0.2) is 28.3 Å². The lowest BCUT2D eigenvalue weighted by molar-refractivity contribution is -0.201. The maximum Gasteiger partial charge on any atom is 0.280 e. The zero-order valence-electron chi connectivity index (χ0n) is 18.3. The van der Waals surface area contributed by atoms with Crippen molar-refractivity contribution in [3.05, 3.63) is 29.3 Å². The minimum Gasteiger partial charge on any atom is -0.350 e. The molecule has 31 heavy (non-hydrogen) atoms. The average Bonchev–Trinajstić information content (AvgIpc) is 3.73. The Morgan fingerprint density at radius 1 is 1.32 bits per heavy atom. The molecule has 1 aromatic rings. The molecule has 1 aliphatic heterocycles. The van der Waals surface area contributed by atoms with Gasteiger partial charge in [0.25, 0.3) is 5.91 Å². The molecule has 2 aliphatic carbocycles. The van der Waals surface area contributed by atoms with E-state index in [-0.39, 0.29) is 23.3 Å². The second-order valence-corrected chi connectivity index (χ2v) is 8.66. The van der Waals surface area contributed by atoms with E-state index in [0.717, 1.165) is 23.2 Å². The van der Waals surface area contributed by atoms with Gasteiger partial charge >= 0.3 is 0 Å². The Balaban J connectivity index is 1.40. The molecule has 7 heteroatoms. The van der Waals surface area contributed by atoms with Crippen molar-refractivity contribution in [3.63, 3.8) is 0 Å². The van der Waals surface area contributed by atoms with Gasteiger partial charge in [-0.2, -0.15) is 5.10 Å². The van der Waals surface area contributed by atoms with Crippen LogP contribution in [0.3, 0.4) is 0 Å². The summed E-state index contributed by atoms with van der Waals surface area (Å²) in [6.07, 6.45) is 6.50. The van der Waals surface area contributed by atoms with Gasteiger partial charge in [-0.3, -0.25) is 9.79 Å². The fourth-order valence-electron chi connectivity index (χ4n) is 3.52. The molecule has 1 amide bonds. The predicted molar refractivity (Wildman–Crippen MR) is 121 cm³/mol. The molecule has 0 aromatic heterocycles. The highest BCUT2D eigenvalue weighted by molar-refractivity contribution is 6.63. The molecule has 1 aromatic carbocycles. The number of amides is 1. The van der Waals surface area contributed by atoms with E-state index in [4.69, 9.17) is 15.3 Å². The number of hydrogen-bond acceptors (Lipinski definition) is 6. The van der Waals surface area contributed by atoms with Crippen LogP contribution in [-0.4, -0.2) is 50.9 Å². The molecule has 164 valence electrons. The third-order valence-electron chi connectivity index (χ3n) is 6.06. The predicted octanol–water partition coefficient (Wildman–Crippen LogP) is 2.51. The van der Waals surface area contributed by atoms with Crippen LogP contribution in [0.5, 0.6) is 0 Å². The summed E-state index contributed by atoms with van der Waals surface area (Å²) in [6.45, 7) is 3.79. The fourth-order valence-corrected chi connectivity index (χ4v) is 3.52. The van der Waals surface area contributed by atoms with E-state index >= 15 is 0 Å². The molecule has 0 radical (unpaired) electrons. The third kappa shape index (κ3) is 5.33. The van der Waals surface area contributed by atoms with E-state index in [1.165, 1.54) is 31.9 Å². The van der Waals surface area contributed by atoms with Crippen molar-refractivity contribution in [2.24, 2.45) is 27.3 Å². The monoisotopic (exact) mass is 422 g/mol. The quantitative estimate of drug-likeness (QED) is 0.330. The lowest BCUT2D eigenvalue weighted by Gasteiger charge is -2.28. The van der Waals surface area contributed by atoms with Crippen molar-refractivity contribution in [2.75, 3.05) is 31.7 Å². The maximum atomic E-state index is 13.0. The van der Waals surface area contributed by atoms with Crippen LogP contribution in [0.2, 0.25) is 0 Å². The van der Waals surface area contributed by atoms with Gasteiger partial charge in [0.05, 0.1) is 26.0 Å². The van der Waals surface area contributed by atoms with E-state index in [0.29, 0.717) is 25.7 Å². The second kappa shape index (κ2) is 9.21. The van der Waals surface area contributed by atoms with Crippen molar-refractivity contribution < 1.29 is 14.3 Å². The minimum absolute atomic E-state index is 0.0773. The summed E-state index contributed by atoms with van der Waals surface area (Å²) in [6, 6.07) is 5.98. The Kier molecular flexibility index (Phi) is 6.40. The second-order valence-electron chi connectivity index (χ2n) is 8.66. The van der Waals surface area contributed by atoms with Crippen LogP contribution in [0.1, 0.15) is 43.7 Å². The number of aliphatic imine (C=N–C) groups is 1. The highest BCUT2D eigenvalue weighted by Gasteiger charge is 2.46. The molecule has 0 bridgehead atoms. The minimum atomic E-state index is -0.386. The van der Waals surface area contributed by atoms with Gasteiger partial charge in [-0.1, -0.05) is 24.8 Å². The van der Waals surface area contributed by atoms with Crippen molar-refractivity contribution in [1.82, 2.24) is 0 Å². The number of aryl methyl sites for hydroxylation is 1. The van der Waals surface area contributed by atoms with Crippen LogP contribution < -0.4 is 10.7 Å². The van der Waals surface area contributed by atoms with Crippen molar-refractivity contribution in [2.45, 2.75) is 45.3 Å². The van der Waals surface area contributed by atoms with E-state index in [1.54, 1.807) is 11.9 Å². The molecular weight excluding hydrogens is 392 g/mol. The average molecular weight is 423 g/mol. The van der Waals surface area contributed by atoms with Gasteiger partial charge in [0.15, 0.2) is 12.0 Å². The Morgan fingerprint density at radius 2 is 2.06 bits per heavy atom. The maximum absolute atomic E-state index is 13.0. The Hall–Kier alpha value is -2.69. The van der Waals surface area contributed by atoms with Gasteiger partial charge in [-0.15, -0.1) is 0 Å². The number of carbonyl (C=O) groups excluding carboxylic acids is 1. The van der Waals surface area contributed by atoms with Gasteiger partial charge < -0.3 is 20.2 Å². The number of ether oxygens (including phenoxy) is 2. The summed E-state index contributed by atoms with van der Waals surface area (Å²) >= 11 is 0. The summed E-state index contributed by atoms with van der Waals surface area (Å²) in [7, 11) is 1.72. The summed E-state index contributed by atoms with van der Waals surface area (Å²) in [5.74, 6) is 12.2. The summed E-state index contributed by atoms with van der Waals surface area (Å²) in [5.41, 5.74) is 3.08. The van der Waals surface area contributed by atoms with Gasteiger partial charge in [-0.25, -0.2) is 0 Å². The first-order valence-corrected chi connectivity index (χ1v) is 11.0. The largest absolute Gasteiger partial charge is 0.350 e. The Morgan fingerprint density at radius 3 is 2.68 bits per heavy atom. The molecule has 0 atom stereocenters. The molecule has 4 rings (SSSR count). The Bertz CT molecular complexity index is 941. The third-order valence-corrected chi connectivity index (χ3v) is 6.06. The molecule has 3 aliphatic rings. The molecule has 2 N–H and O–H groups in total. The summed E-state index contributed by atoms with van der Waals surface area (Å²) in [4.78, 5) is 18.9. The zero-order chi connectivity index (χ0) is 21.8. The number of carbonyl (C=O) groups is 1. The van der Waals surface area contributed by atoms with Crippen LogP contribution in [0.4, 0.5) is 5.69 Å². The molecular formula is C24H30N4O3. The highest BCUT2D eigenvalue weighted by atomic mass is 16.7. The number of nitrogens with zero attached hydrogens (tertiary/aromatic N) is 3. The van der Waals surface area contributed by atoms with Crippen molar-refractivity contribution in [1.29, 1.82) is 0 Å². The number of benzene rings is 1. The molecule has 1 spiro atoms. The highest BCUT2D eigenvalue weighted by Crippen LogP contribution is 2.48. The van der Waals surface area contributed by atoms with E-state index in [2.05, 4.69) is 28.9 Å². The molecule has 2 saturated carbocycles. The number of anilines is 1. The molecule has 0 unspecified atom stereocenters. The van der Waals surface area contributed by atoms with E-state index in [1.807, 2.05) is 18.2 Å². The van der Waals surface area contributed by atoms with Gasteiger partial charge in [0, 0.05) is 29.6 Å². The normalized spacial score (nSPS) is 20.5. The van der Waals surface area contributed by atoms with Crippen LogP contribution in [-0.2, 0) is 20.7 Å². The van der Waals surface area contributed by atoms with Crippen LogP contribution >= 0.6 is 0 Å². The topological polar surface area (TPSA) is 89.5 Å². The number of hydrazone groups is 1. The standard InChI is InChI=1S/C24H30N4O3/c1-3-19-9-8-18(7-6-17-4-5-17)12-21(19)28(2)23(29)20(27-25)13-26-14-22-30-15-24(10-11-24)16-31-22/h8-9,12-13,17,22H,3-5,10-11,14-16,25H2,1-2H3/b26-13?,27-20+. The van der Waals surface area contributed by atoms with Gasteiger partial charge in [-0.05, 0) is 49.8 Å². The lowest BCUT2D eigenvalue weighted by Crippen LogP contribution is -2.36. The molecule has 7 nitrogen and oxygen atoms in total. The molecule has 3 fully saturated rings. The zero-order valence-corrected chi connectivity index (χ0v) is 18.3.